The summed E-state index contributed by atoms with van der Waals surface area (Å²) < 4.78 is 0.823. The third kappa shape index (κ3) is 2.54. The molecule has 4 heteroatoms. The number of anilines is 1. The smallest absolute Gasteiger partial charge is 0.234 e. The van der Waals surface area contributed by atoms with Crippen LogP contribution in [0.4, 0.5) is 5.69 Å². The lowest BCUT2D eigenvalue weighted by molar-refractivity contribution is -0.133. The topological polar surface area (TPSA) is 37.4 Å². The van der Waals surface area contributed by atoms with Crippen molar-refractivity contribution >= 4 is 33.4 Å². The number of aryl methyl sites for hydroxylation is 2. The number of imide groups is 1. The number of piperidine rings is 1. The van der Waals surface area contributed by atoms with Crippen LogP contribution in [0.2, 0.25) is 0 Å². The monoisotopic (exact) mass is 349 g/mol. The first-order chi connectivity index (χ1) is 9.92. The summed E-state index contributed by atoms with van der Waals surface area (Å²) in [5.74, 6) is -0.0818. The van der Waals surface area contributed by atoms with Crippen LogP contribution in [0.5, 0.6) is 0 Å². The summed E-state index contributed by atoms with van der Waals surface area (Å²) in [5, 5.41) is 0. The number of halogens is 1. The van der Waals surface area contributed by atoms with Crippen molar-refractivity contribution < 1.29 is 9.59 Å². The van der Waals surface area contributed by atoms with Crippen molar-refractivity contribution in [2.75, 3.05) is 4.90 Å². The van der Waals surface area contributed by atoms with Gasteiger partial charge in [-0.15, -0.1) is 0 Å². The Labute approximate surface area is 133 Å². The van der Waals surface area contributed by atoms with E-state index in [1.165, 1.54) is 4.90 Å². The van der Waals surface area contributed by atoms with Gasteiger partial charge in [0.1, 0.15) is 0 Å². The molecule has 1 spiro atoms. The molecule has 0 radical (unpaired) electrons. The van der Waals surface area contributed by atoms with Crippen LogP contribution in [0.1, 0.15) is 49.7 Å². The molecular formula is C17H20BrNO2. The molecule has 0 bridgehead atoms. The van der Waals surface area contributed by atoms with Crippen molar-refractivity contribution in [3.8, 4) is 0 Å². The second-order valence-corrected chi connectivity index (χ2v) is 7.45. The number of hydrogen-bond acceptors (Lipinski definition) is 2. The summed E-state index contributed by atoms with van der Waals surface area (Å²) >= 11 is 3.52. The first-order valence-electron chi connectivity index (χ1n) is 7.54. The van der Waals surface area contributed by atoms with E-state index < -0.39 is 0 Å². The van der Waals surface area contributed by atoms with Gasteiger partial charge in [0.05, 0.1) is 5.69 Å². The van der Waals surface area contributed by atoms with Crippen LogP contribution < -0.4 is 4.90 Å². The molecule has 1 heterocycles. The second kappa shape index (κ2) is 5.24. The number of rotatable bonds is 1. The number of nitrogens with zero attached hydrogens (tertiary/aromatic N) is 1. The number of carbonyl (C=O) groups is 2. The predicted molar refractivity (Wildman–Crippen MR) is 86.2 cm³/mol. The van der Waals surface area contributed by atoms with E-state index in [0.717, 1.165) is 47.0 Å². The Morgan fingerprint density at radius 3 is 2.14 bits per heavy atom. The summed E-state index contributed by atoms with van der Waals surface area (Å²) in [6, 6.07) is 3.98. The molecule has 2 fully saturated rings. The van der Waals surface area contributed by atoms with Crippen molar-refractivity contribution in [1.29, 1.82) is 0 Å². The van der Waals surface area contributed by atoms with Gasteiger partial charge in [-0.25, -0.2) is 4.90 Å². The van der Waals surface area contributed by atoms with E-state index in [1.807, 2.05) is 26.0 Å². The van der Waals surface area contributed by atoms with Gasteiger partial charge in [0.15, 0.2) is 0 Å². The van der Waals surface area contributed by atoms with Gasteiger partial charge in [0.2, 0.25) is 11.8 Å². The molecule has 1 aromatic carbocycles. The normalized spacial score (nSPS) is 21.4. The summed E-state index contributed by atoms with van der Waals surface area (Å²) in [5.41, 5.74) is 2.76. The van der Waals surface area contributed by atoms with Gasteiger partial charge in [-0.05, 0) is 65.2 Å². The van der Waals surface area contributed by atoms with Gasteiger partial charge in [-0.2, -0.15) is 0 Å². The second-order valence-electron chi connectivity index (χ2n) is 6.60. The molecule has 0 N–H and O–H groups in total. The number of carbonyl (C=O) groups excluding carboxylic acids is 2. The van der Waals surface area contributed by atoms with Gasteiger partial charge in [-0.3, -0.25) is 9.59 Å². The Kier molecular flexibility index (Phi) is 3.68. The van der Waals surface area contributed by atoms with Gasteiger partial charge >= 0.3 is 0 Å². The standard InChI is InChI=1S/C17H20BrNO2/c1-11-7-12(2)16(13(18)8-11)19-14(20)9-17(10-15(19)21)5-3-4-6-17/h7-8H,3-6,9-10H2,1-2H3. The quantitative estimate of drug-likeness (QED) is 0.709. The highest BCUT2D eigenvalue weighted by atomic mass is 79.9. The number of amides is 2. The van der Waals surface area contributed by atoms with Crippen molar-refractivity contribution in [3.05, 3.63) is 27.7 Å². The fourth-order valence-corrected chi connectivity index (χ4v) is 4.77. The Hall–Kier alpha value is -1.16. The summed E-state index contributed by atoms with van der Waals surface area (Å²) in [7, 11) is 0. The van der Waals surface area contributed by atoms with Crippen molar-refractivity contribution in [2.45, 2.75) is 52.4 Å². The molecule has 112 valence electrons. The highest BCUT2D eigenvalue weighted by Gasteiger charge is 2.46. The van der Waals surface area contributed by atoms with Gasteiger partial charge in [-0.1, -0.05) is 18.9 Å². The lowest BCUT2D eigenvalue weighted by Gasteiger charge is -2.38. The van der Waals surface area contributed by atoms with E-state index in [-0.39, 0.29) is 17.2 Å². The minimum absolute atomic E-state index is 0.0409. The minimum atomic E-state index is -0.0459. The zero-order valence-electron chi connectivity index (χ0n) is 12.5. The van der Waals surface area contributed by atoms with Crippen molar-refractivity contribution in [3.63, 3.8) is 0 Å². The Morgan fingerprint density at radius 2 is 1.62 bits per heavy atom. The van der Waals surface area contributed by atoms with Gasteiger partial charge < -0.3 is 0 Å². The third-order valence-electron chi connectivity index (χ3n) is 4.84. The molecule has 3 nitrogen and oxygen atoms in total. The number of hydrogen-bond donors (Lipinski definition) is 0. The molecule has 1 aromatic rings. The third-order valence-corrected chi connectivity index (χ3v) is 5.44. The van der Waals surface area contributed by atoms with Crippen molar-refractivity contribution in [1.82, 2.24) is 0 Å². The summed E-state index contributed by atoms with van der Waals surface area (Å²) in [4.78, 5) is 26.7. The maximum Gasteiger partial charge on any atom is 0.234 e. The average Bonchev–Trinajstić information content (AvgIpc) is 2.79. The van der Waals surface area contributed by atoms with Crippen molar-refractivity contribution in [2.24, 2.45) is 5.41 Å². The largest absolute Gasteiger partial charge is 0.274 e. The van der Waals surface area contributed by atoms with E-state index in [4.69, 9.17) is 0 Å². The van der Waals surface area contributed by atoms with E-state index in [0.29, 0.717) is 12.8 Å². The molecule has 21 heavy (non-hydrogen) atoms. The summed E-state index contributed by atoms with van der Waals surface area (Å²) in [6.45, 7) is 3.96. The Morgan fingerprint density at radius 1 is 1.05 bits per heavy atom. The van der Waals surface area contributed by atoms with Crippen LogP contribution in [0, 0.1) is 19.3 Å². The average molecular weight is 350 g/mol. The molecule has 2 amide bonds. The zero-order chi connectivity index (χ0) is 15.2. The fourth-order valence-electron chi connectivity index (χ4n) is 3.92. The lowest BCUT2D eigenvalue weighted by Crippen LogP contribution is -2.47. The van der Waals surface area contributed by atoms with E-state index >= 15 is 0 Å². The fraction of sp³-hybridized carbons (Fsp3) is 0.529. The Bertz CT molecular complexity index is 574. The highest BCUT2D eigenvalue weighted by Crippen LogP contribution is 2.48. The Balaban J connectivity index is 1.97. The van der Waals surface area contributed by atoms with Crippen LogP contribution in [0.3, 0.4) is 0 Å². The molecule has 0 aromatic heterocycles. The molecule has 1 aliphatic heterocycles. The van der Waals surface area contributed by atoms with E-state index in [1.54, 1.807) is 0 Å². The maximum atomic E-state index is 12.6. The molecule has 2 aliphatic rings. The highest BCUT2D eigenvalue weighted by molar-refractivity contribution is 9.10. The predicted octanol–water partition coefficient (Wildman–Crippen LogP) is 4.28. The maximum absolute atomic E-state index is 12.6. The molecule has 1 saturated heterocycles. The SMILES string of the molecule is Cc1cc(C)c(N2C(=O)CC3(CCCC3)CC2=O)c(Br)c1. The van der Waals surface area contributed by atoms with Gasteiger partial charge in [0.25, 0.3) is 0 Å². The number of benzene rings is 1. The van der Waals surface area contributed by atoms with Crippen LogP contribution >= 0.6 is 15.9 Å². The van der Waals surface area contributed by atoms with E-state index in [9.17, 15) is 9.59 Å². The van der Waals surface area contributed by atoms with Crippen LogP contribution in [-0.2, 0) is 9.59 Å². The molecule has 1 saturated carbocycles. The zero-order valence-corrected chi connectivity index (χ0v) is 14.1. The lowest BCUT2D eigenvalue weighted by atomic mass is 9.76. The summed E-state index contributed by atoms with van der Waals surface area (Å²) in [6.07, 6.45) is 5.36. The van der Waals surface area contributed by atoms with Gasteiger partial charge in [0, 0.05) is 17.3 Å². The van der Waals surface area contributed by atoms with Crippen LogP contribution in [-0.4, -0.2) is 11.8 Å². The molecular weight excluding hydrogens is 330 g/mol. The first-order valence-corrected chi connectivity index (χ1v) is 8.34. The molecule has 1 aliphatic carbocycles. The van der Waals surface area contributed by atoms with Crippen LogP contribution in [0.25, 0.3) is 0 Å². The minimum Gasteiger partial charge on any atom is -0.274 e. The molecule has 0 unspecified atom stereocenters. The first kappa shape index (κ1) is 14.8. The molecule has 0 atom stereocenters. The molecule has 3 rings (SSSR count). The van der Waals surface area contributed by atoms with Crippen LogP contribution in [0.15, 0.2) is 16.6 Å². The van der Waals surface area contributed by atoms with E-state index in [2.05, 4.69) is 15.9 Å².